The smallest absolute Gasteiger partial charge is 0.229 e. The van der Waals surface area contributed by atoms with Crippen molar-refractivity contribution in [3.8, 4) is 0 Å². The Morgan fingerprint density at radius 3 is 3.05 bits per heavy atom. The van der Waals surface area contributed by atoms with Gasteiger partial charge in [-0.15, -0.1) is 0 Å². The minimum absolute atomic E-state index is 0.00302. The third kappa shape index (κ3) is 2.86. The molecule has 0 radical (unpaired) electrons. The summed E-state index contributed by atoms with van der Waals surface area (Å²) in [4.78, 5) is 16.9. The van der Waals surface area contributed by atoms with Gasteiger partial charge >= 0.3 is 0 Å². The van der Waals surface area contributed by atoms with Crippen LogP contribution >= 0.6 is 0 Å². The maximum atomic E-state index is 12.5. The van der Waals surface area contributed by atoms with E-state index in [9.17, 15) is 4.79 Å². The molecular formula is C17H23N3O2. The van der Waals surface area contributed by atoms with E-state index in [0.717, 1.165) is 48.9 Å². The third-order valence-corrected chi connectivity index (χ3v) is 4.57. The van der Waals surface area contributed by atoms with Crippen LogP contribution in [0.5, 0.6) is 0 Å². The van der Waals surface area contributed by atoms with Crippen molar-refractivity contribution < 1.29 is 9.21 Å². The Hall–Kier alpha value is -1.88. The Kier molecular flexibility index (Phi) is 3.91. The van der Waals surface area contributed by atoms with Crippen LogP contribution in [0.15, 0.2) is 22.6 Å². The number of oxazole rings is 1. The molecule has 5 heteroatoms. The second-order valence-electron chi connectivity index (χ2n) is 6.44. The molecule has 1 aromatic carbocycles. The fourth-order valence-electron chi connectivity index (χ4n) is 3.22. The number of rotatable bonds is 3. The van der Waals surface area contributed by atoms with E-state index in [-0.39, 0.29) is 11.8 Å². The number of amides is 1. The molecule has 1 saturated carbocycles. The van der Waals surface area contributed by atoms with Crippen LogP contribution in [0.3, 0.4) is 0 Å². The molecule has 22 heavy (non-hydrogen) atoms. The highest BCUT2D eigenvalue weighted by Crippen LogP contribution is 2.32. The summed E-state index contributed by atoms with van der Waals surface area (Å²) >= 11 is 0. The van der Waals surface area contributed by atoms with Gasteiger partial charge in [-0.3, -0.25) is 4.79 Å². The van der Waals surface area contributed by atoms with Crippen LogP contribution < -0.4 is 11.1 Å². The lowest BCUT2D eigenvalue weighted by Gasteiger charge is -2.37. The van der Waals surface area contributed by atoms with Crippen LogP contribution in [-0.2, 0) is 11.2 Å². The molecule has 2 aromatic rings. The van der Waals surface area contributed by atoms with Gasteiger partial charge in [0.05, 0.1) is 5.92 Å². The first-order chi connectivity index (χ1) is 10.5. The van der Waals surface area contributed by atoms with Gasteiger partial charge in [-0.05, 0) is 38.0 Å². The number of fused-ring (bicyclic) bond motifs is 1. The molecule has 1 aromatic heterocycles. The first-order valence-electron chi connectivity index (χ1n) is 7.99. The summed E-state index contributed by atoms with van der Waals surface area (Å²) in [6.45, 7) is 3.98. The molecule has 0 saturated heterocycles. The number of aryl methyl sites for hydroxylation is 1. The molecule has 2 unspecified atom stereocenters. The van der Waals surface area contributed by atoms with Crippen molar-refractivity contribution in [2.75, 3.05) is 5.32 Å². The van der Waals surface area contributed by atoms with Gasteiger partial charge in [0.1, 0.15) is 5.52 Å². The van der Waals surface area contributed by atoms with Crippen LogP contribution in [0.4, 0.5) is 5.69 Å². The van der Waals surface area contributed by atoms with Crippen LogP contribution in [0, 0.1) is 5.92 Å². The first kappa shape index (κ1) is 15.0. The van der Waals surface area contributed by atoms with Crippen LogP contribution in [0.2, 0.25) is 0 Å². The zero-order valence-corrected chi connectivity index (χ0v) is 13.2. The van der Waals surface area contributed by atoms with E-state index in [4.69, 9.17) is 10.2 Å². The highest BCUT2D eigenvalue weighted by Gasteiger charge is 2.37. The predicted octanol–water partition coefficient (Wildman–Crippen LogP) is 3.24. The summed E-state index contributed by atoms with van der Waals surface area (Å²) in [6, 6.07) is 5.55. The Labute approximate surface area is 130 Å². The number of nitrogens with two attached hydrogens (primary N) is 1. The van der Waals surface area contributed by atoms with Gasteiger partial charge in [-0.1, -0.05) is 19.8 Å². The molecule has 118 valence electrons. The van der Waals surface area contributed by atoms with E-state index >= 15 is 0 Å². The molecule has 0 bridgehead atoms. The van der Waals surface area contributed by atoms with Crippen molar-refractivity contribution in [3.05, 3.63) is 24.1 Å². The fourth-order valence-corrected chi connectivity index (χ4v) is 3.22. The average Bonchev–Trinajstić information content (AvgIpc) is 2.89. The SMILES string of the molecule is CCc1nc2cc(NC(=O)C3CCCCC3(C)N)ccc2o1. The zero-order chi connectivity index (χ0) is 15.7. The number of carbonyl (C=O) groups excluding carboxylic acids is 1. The van der Waals surface area contributed by atoms with Gasteiger partial charge in [0.25, 0.3) is 0 Å². The predicted molar refractivity (Wildman–Crippen MR) is 86.6 cm³/mol. The average molecular weight is 301 g/mol. The van der Waals surface area contributed by atoms with Crippen LogP contribution in [0.1, 0.15) is 45.4 Å². The Balaban J connectivity index is 1.78. The van der Waals surface area contributed by atoms with Gasteiger partial charge < -0.3 is 15.5 Å². The normalized spacial score (nSPS) is 25.3. The second kappa shape index (κ2) is 5.72. The summed E-state index contributed by atoms with van der Waals surface area (Å²) in [5.74, 6) is 0.573. The largest absolute Gasteiger partial charge is 0.441 e. The number of carbonyl (C=O) groups is 1. The lowest BCUT2D eigenvalue weighted by molar-refractivity contribution is -0.122. The Morgan fingerprint density at radius 2 is 2.32 bits per heavy atom. The number of nitrogens with zero attached hydrogens (tertiary/aromatic N) is 1. The number of nitrogens with one attached hydrogen (secondary N) is 1. The number of anilines is 1. The van der Waals surface area contributed by atoms with Crippen molar-refractivity contribution >= 4 is 22.7 Å². The number of aromatic nitrogens is 1. The minimum atomic E-state index is -0.421. The molecule has 3 rings (SSSR count). The molecule has 1 amide bonds. The van der Waals surface area contributed by atoms with E-state index in [0.29, 0.717) is 5.89 Å². The van der Waals surface area contributed by atoms with Gasteiger partial charge in [0.15, 0.2) is 11.5 Å². The van der Waals surface area contributed by atoms with Crippen molar-refractivity contribution in [1.29, 1.82) is 0 Å². The van der Waals surface area contributed by atoms with Crippen LogP contribution in [0.25, 0.3) is 11.1 Å². The van der Waals surface area contributed by atoms with E-state index in [1.165, 1.54) is 0 Å². The number of hydrogen-bond donors (Lipinski definition) is 2. The monoisotopic (exact) mass is 301 g/mol. The van der Waals surface area contributed by atoms with E-state index in [1.54, 1.807) is 0 Å². The van der Waals surface area contributed by atoms with Crippen molar-refractivity contribution in [1.82, 2.24) is 4.98 Å². The van der Waals surface area contributed by atoms with Crippen molar-refractivity contribution in [2.45, 2.75) is 51.5 Å². The zero-order valence-electron chi connectivity index (χ0n) is 13.2. The quantitative estimate of drug-likeness (QED) is 0.912. The molecule has 2 atom stereocenters. The lowest BCUT2D eigenvalue weighted by atomic mass is 9.74. The van der Waals surface area contributed by atoms with Gasteiger partial charge in [0, 0.05) is 17.6 Å². The fraction of sp³-hybridized carbons (Fsp3) is 0.529. The first-order valence-corrected chi connectivity index (χ1v) is 7.99. The van der Waals surface area contributed by atoms with Crippen molar-refractivity contribution in [3.63, 3.8) is 0 Å². The maximum Gasteiger partial charge on any atom is 0.229 e. The Morgan fingerprint density at radius 1 is 1.50 bits per heavy atom. The van der Waals surface area contributed by atoms with E-state index in [2.05, 4.69) is 10.3 Å². The minimum Gasteiger partial charge on any atom is -0.441 e. The van der Waals surface area contributed by atoms with Gasteiger partial charge in [-0.2, -0.15) is 0 Å². The molecule has 0 spiro atoms. The molecular weight excluding hydrogens is 278 g/mol. The van der Waals surface area contributed by atoms with Gasteiger partial charge in [0.2, 0.25) is 5.91 Å². The summed E-state index contributed by atoms with van der Waals surface area (Å²) in [5, 5.41) is 2.99. The molecule has 5 nitrogen and oxygen atoms in total. The summed E-state index contributed by atoms with van der Waals surface area (Å²) in [7, 11) is 0. The van der Waals surface area contributed by atoms with Crippen LogP contribution in [-0.4, -0.2) is 16.4 Å². The van der Waals surface area contributed by atoms with Gasteiger partial charge in [-0.25, -0.2) is 4.98 Å². The van der Waals surface area contributed by atoms with E-state index in [1.807, 2.05) is 32.0 Å². The Bertz CT molecular complexity index is 690. The maximum absolute atomic E-state index is 12.5. The summed E-state index contributed by atoms with van der Waals surface area (Å²) in [6.07, 6.45) is 4.66. The highest BCUT2D eigenvalue weighted by molar-refractivity contribution is 5.95. The highest BCUT2D eigenvalue weighted by atomic mass is 16.3. The molecule has 1 aliphatic carbocycles. The van der Waals surface area contributed by atoms with Crippen molar-refractivity contribution in [2.24, 2.45) is 11.7 Å². The second-order valence-corrected chi connectivity index (χ2v) is 6.44. The molecule has 1 aliphatic rings. The summed E-state index contributed by atoms with van der Waals surface area (Å²) in [5.41, 5.74) is 8.14. The third-order valence-electron chi connectivity index (χ3n) is 4.57. The molecule has 3 N–H and O–H groups in total. The number of benzene rings is 1. The lowest BCUT2D eigenvalue weighted by Crippen LogP contribution is -2.51. The number of hydrogen-bond acceptors (Lipinski definition) is 4. The van der Waals surface area contributed by atoms with E-state index < -0.39 is 5.54 Å². The molecule has 0 aliphatic heterocycles. The molecule has 1 fully saturated rings. The summed E-state index contributed by atoms with van der Waals surface area (Å²) < 4.78 is 5.58. The topological polar surface area (TPSA) is 81.2 Å². The standard InChI is InChI=1S/C17H23N3O2/c1-3-15-20-13-10-11(7-8-14(13)22-15)19-16(21)12-6-4-5-9-17(12,2)18/h7-8,10,12H,3-6,9,18H2,1-2H3,(H,19,21). The molecule has 1 heterocycles.